The lowest BCUT2D eigenvalue weighted by Crippen LogP contribution is -2.38. The summed E-state index contributed by atoms with van der Waals surface area (Å²) in [6, 6.07) is 10.6. The van der Waals surface area contributed by atoms with Crippen molar-refractivity contribution in [2.24, 2.45) is 5.92 Å². The molecular weight excluding hydrogens is 200 g/mol. The van der Waals surface area contributed by atoms with Crippen LogP contribution >= 0.6 is 0 Å². The molecule has 0 aromatic heterocycles. The van der Waals surface area contributed by atoms with E-state index in [9.17, 15) is 0 Å². The molecule has 2 N–H and O–H groups in total. The van der Waals surface area contributed by atoms with E-state index in [-0.39, 0.29) is 0 Å². The molecule has 0 spiro atoms. The molecule has 1 fully saturated rings. The molecule has 1 unspecified atom stereocenters. The number of hydrogen-bond donors (Lipinski definition) is 2. The monoisotopic (exact) mass is 220 g/mol. The zero-order valence-electron chi connectivity index (χ0n) is 9.60. The Balaban J connectivity index is 1.85. The Morgan fingerprint density at radius 1 is 1.31 bits per heavy atom. The highest BCUT2D eigenvalue weighted by Crippen LogP contribution is 2.17. The van der Waals surface area contributed by atoms with Crippen molar-refractivity contribution in [2.45, 2.75) is 19.4 Å². The van der Waals surface area contributed by atoms with Gasteiger partial charge in [0.2, 0.25) is 0 Å². The van der Waals surface area contributed by atoms with E-state index in [1.165, 1.54) is 24.9 Å². The topological polar surface area (TPSA) is 35.5 Å². The fourth-order valence-corrected chi connectivity index (χ4v) is 2.43. The van der Waals surface area contributed by atoms with E-state index in [0.717, 1.165) is 13.1 Å². The van der Waals surface area contributed by atoms with Crippen LogP contribution in [0.1, 0.15) is 18.4 Å². The summed E-state index contributed by atoms with van der Waals surface area (Å²) in [5.74, 6) is 0.586. The lowest BCUT2D eigenvalue weighted by Gasteiger charge is -2.32. The summed E-state index contributed by atoms with van der Waals surface area (Å²) in [6.45, 7) is 4.01. The summed E-state index contributed by atoms with van der Waals surface area (Å²) in [7, 11) is 0. The van der Waals surface area contributed by atoms with Crippen LogP contribution in [0.25, 0.3) is 0 Å². The van der Waals surface area contributed by atoms with Crippen LogP contribution in [0.3, 0.4) is 0 Å². The van der Waals surface area contributed by atoms with Crippen molar-refractivity contribution in [3.63, 3.8) is 0 Å². The summed E-state index contributed by atoms with van der Waals surface area (Å²) >= 11 is 0. The Morgan fingerprint density at radius 3 is 2.88 bits per heavy atom. The van der Waals surface area contributed by atoms with E-state index in [0.29, 0.717) is 12.5 Å². The highest BCUT2D eigenvalue weighted by molar-refractivity contribution is 5.14. The van der Waals surface area contributed by atoms with Gasteiger partial charge in [-0.05, 0) is 30.9 Å². The molecule has 2 rings (SSSR count). The molecule has 3 nitrogen and oxygen atoms in total. The summed E-state index contributed by atoms with van der Waals surface area (Å²) in [4.78, 5) is 2.47. The molecule has 1 atom stereocenters. The first-order valence-corrected chi connectivity index (χ1v) is 6.01. The fourth-order valence-electron chi connectivity index (χ4n) is 2.43. The molecule has 0 radical (unpaired) electrons. The number of rotatable bonds is 4. The maximum Gasteiger partial charge on any atom is 0.0248 e. The quantitative estimate of drug-likeness (QED) is 0.760. The van der Waals surface area contributed by atoms with Gasteiger partial charge in [-0.3, -0.25) is 4.90 Å². The SMILES string of the molecule is ONCC1CCCN(Cc2ccccc2)C1. The van der Waals surface area contributed by atoms with Gasteiger partial charge in [-0.25, -0.2) is 5.48 Å². The number of likely N-dealkylation sites (tertiary alicyclic amines) is 1. The average Bonchev–Trinajstić information content (AvgIpc) is 2.31. The number of piperidine rings is 1. The van der Waals surface area contributed by atoms with Gasteiger partial charge < -0.3 is 5.21 Å². The third kappa shape index (κ3) is 3.30. The molecule has 16 heavy (non-hydrogen) atoms. The number of nitrogens with zero attached hydrogens (tertiary/aromatic N) is 1. The Morgan fingerprint density at radius 2 is 2.12 bits per heavy atom. The standard InChI is InChI=1S/C13H20N2O/c16-14-9-13-7-4-8-15(11-13)10-12-5-2-1-3-6-12/h1-3,5-6,13-14,16H,4,7-11H2. The third-order valence-corrected chi connectivity index (χ3v) is 3.23. The first-order chi connectivity index (χ1) is 7.88. The highest BCUT2D eigenvalue weighted by atomic mass is 16.5. The summed E-state index contributed by atoms with van der Waals surface area (Å²) < 4.78 is 0. The van der Waals surface area contributed by atoms with Crippen LogP contribution in [0.5, 0.6) is 0 Å². The molecule has 0 amide bonds. The van der Waals surface area contributed by atoms with Crippen molar-refractivity contribution in [3.8, 4) is 0 Å². The minimum Gasteiger partial charge on any atom is -0.317 e. The zero-order chi connectivity index (χ0) is 11.2. The van der Waals surface area contributed by atoms with E-state index in [2.05, 4.69) is 40.7 Å². The van der Waals surface area contributed by atoms with Gasteiger partial charge in [-0.15, -0.1) is 0 Å². The van der Waals surface area contributed by atoms with Gasteiger partial charge >= 0.3 is 0 Å². The predicted octanol–water partition coefficient (Wildman–Crippen LogP) is 1.88. The van der Waals surface area contributed by atoms with Crippen LogP contribution in [0.2, 0.25) is 0 Å². The smallest absolute Gasteiger partial charge is 0.0248 e. The summed E-state index contributed by atoms with van der Waals surface area (Å²) in [6.07, 6.45) is 2.46. The van der Waals surface area contributed by atoms with Crippen molar-refractivity contribution < 1.29 is 5.21 Å². The van der Waals surface area contributed by atoms with Gasteiger partial charge in [0, 0.05) is 19.6 Å². The summed E-state index contributed by atoms with van der Waals surface area (Å²) in [5, 5.41) is 8.73. The van der Waals surface area contributed by atoms with Crippen LogP contribution in [0.4, 0.5) is 0 Å². The van der Waals surface area contributed by atoms with Crippen LogP contribution < -0.4 is 5.48 Å². The van der Waals surface area contributed by atoms with Crippen molar-refractivity contribution in [2.75, 3.05) is 19.6 Å². The van der Waals surface area contributed by atoms with Crippen molar-refractivity contribution in [1.29, 1.82) is 0 Å². The molecule has 88 valence electrons. The van der Waals surface area contributed by atoms with Crippen molar-refractivity contribution >= 4 is 0 Å². The molecule has 1 heterocycles. The van der Waals surface area contributed by atoms with E-state index in [1.807, 2.05) is 0 Å². The number of nitrogens with one attached hydrogen (secondary N) is 1. The average molecular weight is 220 g/mol. The lowest BCUT2D eigenvalue weighted by molar-refractivity contribution is 0.106. The molecule has 1 saturated heterocycles. The maximum absolute atomic E-state index is 8.73. The maximum atomic E-state index is 8.73. The lowest BCUT2D eigenvalue weighted by atomic mass is 9.98. The second kappa shape index (κ2) is 5.99. The van der Waals surface area contributed by atoms with E-state index in [4.69, 9.17) is 5.21 Å². The van der Waals surface area contributed by atoms with E-state index in [1.54, 1.807) is 0 Å². The number of hydrogen-bond acceptors (Lipinski definition) is 3. The van der Waals surface area contributed by atoms with Gasteiger partial charge in [0.15, 0.2) is 0 Å². The molecule has 1 aliphatic rings. The number of hydroxylamine groups is 1. The molecular formula is C13H20N2O. The van der Waals surface area contributed by atoms with E-state index >= 15 is 0 Å². The van der Waals surface area contributed by atoms with Crippen molar-refractivity contribution in [1.82, 2.24) is 10.4 Å². The Bertz CT molecular complexity index is 300. The molecule has 0 aliphatic carbocycles. The van der Waals surface area contributed by atoms with Crippen LogP contribution in [-0.2, 0) is 6.54 Å². The molecule has 1 aliphatic heterocycles. The van der Waals surface area contributed by atoms with Gasteiger partial charge in [-0.2, -0.15) is 0 Å². The van der Waals surface area contributed by atoms with Gasteiger partial charge in [0.25, 0.3) is 0 Å². The molecule has 1 aromatic rings. The Kier molecular flexibility index (Phi) is 4.34. The fraction of sp³-hybridized carbons (Fsp3) is 0.538. The van der Waals surface area contributed by atoms with Crippen LogP contribution in [0, 0.1) is 5.92 Å². The second-order valence-corrected chi connectivity index (χ2v) is 4.59. The van der Waals surface area contributed by atoms with Gasteiger partial charge in [0.05, 0.1) is 0 Å². The Hall–Kier alpha value is -0.900. The Labute approximate surface area is 97.0 Å². The molecule has 3 heteroatoms. The second-order valence-electron chi connectivity index (χ2n) is 4.59. The minimum absolute atomic E-state index is 0.586. The minimum atomic E-state index is 0.586. The van der Waals surface area contributed by atoms with Crippen LogP contribution in [0.15, 0.2) is 30.3 Å². The third-order valence-electron chi connectivity index (χ3n) is 3.23. The zero-order valence-corrected chi connectivity index (χ0v) is 9.60. The van der Waals surface area contributed by atoms with Crippen LogP contribution in [-0.4, -0.2) is 29.7 Å². The van der Waals surface area contributed by atoms with Crippen molar-refractivity contribution in [3.05, 3.63) is 35.9 Å². The van der Waals surface area contributed by atoms with E-state index < -0.39 is 0 Å². The summed E-state index contributed by atoms with van der Waals surface area (Å²) in [5.41, 5.74) is 3.67. The van der Waals surface area contributed by atoms with Gasteiger partial charge in [0.1, 0.15) is 0 Å². The molecule has 0 saturated carbocycles. The first-order valence-electron chi connectivity index (χ1n) is 6.01. The normalized spacial score (nSPS) is 22.2. The highest BCUT2D eigenvalue weighted by Gasteiger charge is 2.19. The number of benzene rings is 1. The predicted molar refractivity (Wildman–Crippen MR) is 64.2 cm³/mol. The largest absolute Gasteiger partial charge is 0.317 e. The van der Waals surface area contributed by atoms with Gasteiger partial charge in [-0.1, -0.05) is 30.3 Å². The first kappa shape index (κ1) is 11.6. The molecule has 1 aromatic carbocycles. The molecule has 0 bridgehead atoms.